The molecule has 1 heterocycles. The van der Waals surface area contributed by atoms with Crippen molar-refractivity contribution in [3.63, 3.8) is 0 Å². The standard InChI is InChI=1S/C14H19N3O2/c1-4-18-11-7-5-6-10(8-11)12-16-13(19-17-12)14(2,3)9-15/h5-8H,4,9,15H2,1-3H3. The SMILES string of the molecule is CCOc1cccc(-c2noc(C(C)(C)CN)n2)c1. The van der Waals surface area contributed by atoms with Crippen molar-refractivity contribution in [3.8, 4) is 17.1 Å². The zero-order valence-corrected chi connectivity index (χ0v) is 11.5. The van der Waals surface area contributed by atoms with E-state index in [1.54, 1.807) is 0 Å². The van der Waals surface area contributed by atoms with Crippen molar-refractivity contribution < 1.29 is 9.26 Å². The third-order valence-electron chi connectivity index (χ3n) is 2.92. The lowest BCUT2D eigenvalue weighted by Crippen LogP contribution is -2.28. The normalized spacial score (nSPS) is 11.6. The number of nitrogens with zero attached hydrogens (tertiary/aromatic N) is 2. The fraction of sp³-hybridized carbons (Fsp3) is 0.429. The molecule has 102 valence electrons. The van der Waals surface area contributed by atoms with Crippen LogP contribution in [0.1, 0.15) is 26.7 Å². The van der Waals surface area contributed by atoms with Gasteiger partial charge >= 0.3 is 0 Å². The maximum atomic E-state index is 5.70. The van der Waals surface area contributed by atoms with E-state index in [1.165, 1.54) is 0 Å². The Morgan fingerprint density at radius 2 is 2.16 bits per heavy atom. The highest BCUT2D eigenvalue weighted by molar-refractivity contribution is 5.56. The number of benzene rings is 1. The van der Waals surface area contributed by atoms with Crippen molar-refractivity contribution in [3.05, 3.63) is 30.2 Å². The molecule has 0 saturated carbocycles. The van der Waals surface area contributed by atoms with E-state index in [1.807, 2.05) is 45.0 Å². The van der Waals surface area contributed by atoms with Crippen LogP contribution in [0.3, 0.4) is 0 Å². The largest absolute Gasteiger partial charge is 0.494 e. The van der Waals surface area contributed by atoms with Crippen LogP contribution < -0.4 is 10.5 Å². The molecule has 0 atom stereocenters. The molecule has 0 saturated heterocycles. The summed E-state index contributed by atoms with van der Waals surface area (Å²) in [5, 5.41) is 4.00. The van der Waals surface area contributed by atoms with Crippen molar-refractivity contribution >= 4 is 0 Å². The summed E-state index contributed by atoms with van der Waals surface area (Å²) < 4.78 is 10.7. The van der Waals surface area contributed by atoms with E-state index in [0.717, 1.165) is 11.3 Å². The summed E-state index contributed by atoms with van der Waals surface area (Å²) in [4.78, 5) is 4.41. The molecule has 5 heteroatoms. The van der Waals surface area contributed by atoms with Crippen molar-refractivity contribution in [2.75, 3.05) is 13.2 Å². The predicted octanol–water partition coefficient (Wildman–Crippen LogP) is 2.37. The van der Waals surface area contributed by atoms with Crippen LogP contribution in [-0.2, 0) is 5.41 Å². The van der Waals surface area contributed by atoms with Crippen molar-refractivity contribution in [1.82, 2.24) is 10.1 Å². The van der Waals surface area contributed by atoms with Gasteiger partial charge in [0.1, 0.15) is 5.75 Å². The Morgan fingerprint density at radius 1 is 1.37 bits per heavy atom. The molecule has 0 fully saturated rings. The molecule has 1 aromatic carbocycles. The van der Waals surface area contributed by atoms with Crippen LogP contribution in [0.4, 0.5) is 0 Å². The van der Waals surface area contributed by atoms with Gasteiger partial charge in [0, 0.05) is 12.1 Å². The maximum Gasteiger partial charge on any atom is 0.233 e. The Morgan fingerprint density at radius 3 is 2.84 bits per heavy atom. The van der Waals surface area contributed by atoms with E-state index < -0.39 is 0 Å². The van der Waals surface area contributed by atoms with Crippen LogP contribution in [0.2, 0.25) is 0 Å². The molecule has 0 spiro atoms. The Kier molecular flexibility index (Phi) is 3.85. The smallest absolute Gasteiger partial charge is 0.233 e. The molecule has 0 aliphatic carbocycles. The van der Waals surface area contributed by atoms with Crippen LogP contribution in [0.5, 0.6) is 5.75 Å². The molecule has 2 rings (SSSR count). The zero-order chi connectivity index (χ0) is 13.9. The van der Waals surface area contributed by atoms with Crippen molar-refractivity contribution in [2.24, 2.45) is 5.73 Å². The summed E-state index contributed by atoms with van der Waals surface area (Å²) >= 11 is 0. The van der Waals surface area contributed by atoms with Crippen molar-refractivity contribution in [1.29, 1.82) is 0 Å². The molecule has 19 heavy (non-hydrogen) atoms. The highest BCUT2D eigenvalue weighted by Gasteiger charge is 2.26. The monoisotopic (exact) mass is 261 g/mol. The Balaban J connectivity index is 2.30. The summed E-state index contributed by atoms with van der Waals surface area (Å²) in [7, 11) is 0. The minimum Gasteiger partial charge on any atom is -0.494 e. The van der Waals surface area contributed by atoms with Gasteiger partial charge in [-0.25, -0.2) is 0 Å². The fourth-order valence-electron chi connectivity index (χ4n) is 1.59. The van der Waals surface area contributed by atoms with Gasteiger partial charge in [-0.2, -0.15) is 4.98 Å². The Hall–Kier alpha value is -1.88. The number of ether oxygens (including phenoxy) is 1. The van der Waals surface area contributed by atoms with Crippen molar-refractivity contribution in [2.45, 2.75) is 26.2 Å². The van der Waals surface area contributed by atoms with Gasteiger partial charge in [0.15, 0.2) is 0 Å². The van der Waals surface area contributed by atoms with E-state index in [-0.39, 0.29) is 5.41 Å². The lowest BCUT2D eigenvalue weighted by molar-refractivity contribution is 0.311. The lowest BCUT2D eigenvalue weighted by Gasteiger charge is -2.15. The van der Waals surface area contributed by atoms with E-state index in [9.17, 15) is 0 Å². The minimum absolute atomic E-state index is 0.317. The molecule has 1 aromatic heterocycles. The molecule has 0 aliphatic heterocycles. The zero-order valence-electron chi connectivity index (χ0n) is 11.5. The van der Waals surface area contributed by atoms with E-state index >= 15 is 0 Å². The summed E-state index contributed by atoms with van der Waals surface area (Å²) in [6.07, 6.45) is 0. The number of aromatic nitrogens is 2. The first-order valence-corrected chi connectivity index (χ1v) is 6.34. The number of nitrogens with two attached hydrogens (primary N) is 1. The van der Waals surface area contributed by atoms with Gasteiger partial charge in [-0.3, -0.25) is 0 Å². The highest BCUT2D eigenvalue weighted by Crippen LogP contribution is 2.25. The quantitative estimate of drug-likeness (QED) is 0.894. The van der Waals surface area contributed by atoms with Crippen LogP contribution >= 0.6 is 0 Å². The van der Waals surface area contributed by atoms with Crippen LogP contribution in [0.15, 0.2) is 28.8 Å². The second kappa shape index (κ2) is 5.40. The fourth-order valence-corrected chi connectivity index (χ4v) is 1.59. The first kappa shape index (κ1) is 13.5. The van der Waals surface area contributed by atoms with E-state index in [2.05, 4.69) is 10.1 Å². The van der Waals surface area contributed by atoms with E-state index in [4.69, 9.17) is 15.0 Å². The molecule has 0 bridgehead atoms. The topological polar surface area (TPSA) is 74.2 Å². The van der Waals surface area contributed by atoms with Gasteiger partial charge in [-0.1, -0.05) is 17.3 Å². The van der Waals surface area contributed by atoms with Gasteiger partial charge < -0.3 is 15.0 Å². The molecule has 2 N–H and O–H groups in total. The van der Waals surface area contributed by atoms with Gasteiger partial charge in [-0.05, 0) is 32.9 Å². The molecular weight excluding hydrogens is 242 g/mol. The molecule has 0 aliphatic rings. The summed E-state index contributed by atoms with van der Waals surface area (Å²) in [5.74, 6) is 1.90. The highest BCUT2D eigenvalue weighted by atomic mass is 16.5. The number of hydrogen-bond acceptors (Lipinski definition) is 5. The van der Waals surface area contributed by atoms with Crippen LogP contribution in [-0.4, -0.2) is 23.3 Å². The molecule has 2 aromatic rings. The first-order chi connectivity index (χ1) is 9.06. The van der Waals surface area contributed by atoms with Crippen LogP contribution in [0, 0.1) is 0 Å². The molecule has 0 radical (unpaired) electrons. The minimum atomic E-state index is -0.317. The Bertz CT molecular complexity index is 549. The average Bonchev–Trinajstić information content (AvgIpc) is 2.90. The second-order valence-electron chi connectivity index (χ2n) is 4.97. The Labute approximate surface area is 112 Å². The first-order valence-electron chi connectivity index (χ1n) is 6.34. The predicted molar refractivity (Wildman–Crippen MR) is 73.0 cm³/mol. The molecule has 0 unspecified atom stereocenters. The number of hydrogen-bond donors (Lipinski definition) is 1. The van der Waals surface area contributed by atoms with Gasteiger partial charge in [0.05, 0.1) is 12.0 Å². The van der Waals surface area contributed by atoms with E-state index in [0.29, 0.717) is 24.9 Å². The van der Waals surface area contributed by atoms with Crippen LogP contribution in [0.25, 0.3) is 11.4 Å². The lowest BCUT2D eigenvalue weighted by atomic mass is 9.94. The molecule has 0 amide bonds. The van der Waals surface area contributed by atoms with Gasteiger partial charge in [0.25, 0.3) is 0 Å². The molecular formula is C14H19N3O2. The van der Waals surface area contributed by atoms with Gasteiger partial charge in [-0.15, -0.1) is 0 Å². The summed E-state index contributed by atoms with van der Waals surface area (Å²) in [5.41, 5.74) is 6.25. The van der Waals surface area contributed by atoms with Gasteiger partial charge in [0.2, 0.25) is 11.7 Å². The third-order valence-corrected chi connectivity index (χ3v) is 2.92. The maximum absolute atomic E-state index is 5.70. The number of rotatable bonds is 5. The molecule has 5 nitrogen and oxygen atoms in total. The summed E-state index contributed by atoms with van der Waals surface area (Å²) in [6.45, 7) is 6.97. The third kappa shape index (κ3) is 2.93. The summed E-state index contributed by atoms with van der Waals surface area (Å²) in [6, 6.07) is 7.63. The average molecular weight is 261 g/mol. The second-order valence-corrected chi connectivity index (χ2v) is 4.97.